The number of hydrogen-bond donors (Lipinski definition) is 1. The normalized spacial score (nSPS) is 11.0. The minimum Gasteiger partial charge on any atom is -0.294 e. The lowest BCUT2D eigenvalue weighted by atomic mass is 10.3. The molecule has 0 amide bonds. The molecule has 0 spiro atoms. The molecule has 0 aliphatic heterocycles. The van der Waals surface area contributed by atoms with E-state index in [0.717, 1.165) is 17.1 Å². The number of aromatic amines is 1. The van der Waals surface area contributed by atoms with Crippen LogP contribution in [0.25, 0.3) is 11.4 Å². The second kappa shape index (κ2) is 7.19. The van der Waals surface area contributed by atoms with E-state index in [4.69, 9.17) is 11.6 Å². The van der Waals surface area contributed by atoms with Crippen LogP contribution in [0.1, 0.15) is 5.69 Å². The molecule has 2 aromatic heterocycles. The molecule has 0 unspecified atom stereocenters. The van der Waals surface area contributed by atoms with Crippen LogP contribution < -0.4 is 5.56 Å². The molecule has 0 saturated heterocycles. The highest BCUT2D eigenvalue weighted by Gasteiger charge is 2.11. The number of aromatic nitrogens is 6. The summed E-state index contributed by atoms with van der Waals surface area (Å²) in [5.41, 5.74) is 2.25. The minimum absolute atomic E-state index is 0.134. The lowest BCUT2D eigenvalue weighted by Gasteiger charge is -2.04. The van der Waals surface area contributed by atoms with Gasteiger partial charge in [-0.15, -0.1) is 5.10 Å². The van der Waals surface area contributed by atoms with Crippen molar-refractivity contribution in [2.45, 2.75) is 10.9 Å². The lowest BCUT2D eigenvalue weighted by Crippen LogP contribution is -2.13. The Kier molecular flexibility index (Phi) is 4.59. The van der Waals surface area contributed by atoms with Crippen LogP contribution in [0.2, 0.25) is 5.02 Å². The SMILES string of the molecule is O=c1cc(CSc2nnnn2-c2ccccc2)[nH]n1-c1ccc(Cl)cc1. The van der Waals surface area contributed by atoms with Gasteiger partial charge in [0.15, 0.2) is 0 Å². The van der Waals surface area contributed by atoms with Crippen molar-refractivity contribution in [1.29, 1.82) is 0 Å². The zero-order valence-electron chi connectivity index (χ0n) is 13.4. The quantitative estimate of drug-likeness (QED) is 0.535. The highest BCUT2D eigenvalue weighted by molar-refractivity contribution is 7.98. The van der Waals surface area contributed by atoms with Crippen molar-refractivity contribution in [3.63, 3.8) is 0 Å². The third-order valence-electron chi connectivity index (χ3n) is 3.66. The van der Waals surface area contributed by atoms with E-state index in [9.17, 15) is 4.79 Å². The van der Waals surface area contributed by atoms with Gasteiger partial charge in [-0.25, -0.2) is 4.68 Å². The zero-order valence-corrected chi connectivity index (χ0v) is 15.0. The van der Waals surface area contributed by atoms with Crippen LogP contribution in [0.15, 0.2) is 70.6 Å². The van der Waals surface area contributed by atoms with Gasteiger partial charge < -0.3 is 0 Å². The summed E-state index contributed by atoms with van der Waals surface area (Å²) in [5.74, 6) is 0.531. The van der Waals surface area contributed by atoms with Gasteiger partial charge >= 0.3 is 0 Å². The van der Waals surface area contributed by atoms with E-state index in [0.29, 0.717) is 15.9 Å². The molecule has 4 aromatic rings. The molecule has 130 valence electrons. The first kappa shape index (κ1) is 16.6. The maximum Gasteiger partial charge on any atom is 0.271 e. The molecule has 0 aliphatic carbocycles. The molecule has 0 saturated carbocycles. The fourth-order valence-electron chi connectivity index (χ4n) is 2.44. The van der Waals surface area contributed by atoms with E-state index in [2.05, 4.69) is 20.6 Å². The fraction of sp³-hybridized carbons (Fsp3) is 0.0588. The maximum absolute atomic E-state index is 12.2. The number of H-pyrrole nitrogens is 1. The van der Waals surface area contributed by atoms with E-state index in [1.165, 1.54) is 16.4 Å². The lowest BCUT2D eigenvalue weighted by molar-refractivity contribution is 0.756. The fourth-order valence-corrected chi connectivity index (χ4v) is 3.36. The summed E-state index contributed by atoms with van der Waals surface area (Å²) in [5, 5.41) is 16.2. The number of hydrogen-bond acceptors (Lipinski definition) is 5. The molecule has 0 atom stereocenters. The predicted molar refractivity (Wildman–Crippen MR) is 100 cm³/mol. The molecular weight excluding hydrogens is 372 g/mol. The van der Waals surface area contributed by atoms with Gasteiger partial charge in [-0.05, 0) is 46.8 Å². The average molecular weight is 385 g/mol. The summed E-state index contributed by atoms with van der Waals surface area (Å²) in [4.78, 5) is 12.2. The summed E-state index contributed by atoms with van der Waals surface area (Å²) in [6.07, 6.45) is 0. The molecule has 4 rings (SSSR count). The number of nitrogens with one attached hydrogen (secondary N) is 1. The van der Waals surface area contributed by atoms with Crippen LogP contribution in [0, 0.1) is 0 Å². The van der Waals surface area contributed by atoms with Crippen molar-refractivity contribution in [3.8, 4) is 11.4 Å². The van der Waals surface area contributed by atoms with Crippen molar-refractivity contribution in [3.05, 3.63) is 81.7 Å². The number of nitrogens with zero attached hydrogens (tertiary/aromatic N) is 5. The number of halogens is 1. The van der Waals surface area contributed by atoms with Crippen LogP contribution in [0.4, 0.5) is 0 Å². The first-order chi connectivity index (χ1) is 12.7. The Morgan fingerprint density at radius 2 is 1.81 bits per heavy atom. The molecular formula is C17H13ClN6OS. The molecule has 26 heavy (non-hydrogen) atoms. The smallest absolute Gasteiger partial charge is 0.271 e. The largest absolute Gasteiger partial charge is 0.294 e. The maximum atomic E-state index is 12.2. The molecule has 0 aliphatic rings. The highest BCUT2D eigenvalue weighted by Crippen LogP contribution is 2.21. The number of rotatable bonds is 5. The van der Waals surface area contributed by atoms with E-state index in [1.807, 2.05) is 30.3 Å². The molecule has 0 radical (unpaired) electrons. The van der Waals surface area contributed by atoms with Gasteiger partial charge in [-0.3, -0.25) is 9.89 Å². The van der Waals surface area contributed by atoms with Gasteiger partial charge in [0, 0.05) is 22.5 Å². The van der Waals surface area contributed by atoms with Crippen molar-refractivity contribution in [1.82, 2.24) is 30.0 Å². The first-order valence-electron chi connectivity index (χ1n) is 7.74. The van der Waals surface area contributed by atoms with Crippen LogP contribution in [-0.2, 0) is 5.75 Å². The summed E-state index contributed by atoms with van der Waals surface area (Å²) >= 11 is 7.34. The molecule has 2 heterocycles. The first-order valence-corrected chi connectivity index (χ1v) is 9.10. The van der Waals surface area contributed by atoms with Crippen LogP contribution >= 0.6 is 23.4 Å². The second-order valence-corrected chi connectivity index (χ2v) is 6.81. The standard InChI is InChI=1S/C17H13ClN6OS/c18-12-6-8-15(9-7-12)23-16(25)10-13(20-23)11-26-17-19-21-22-24(17)14-4-2-1-3-5-14/h1-10,20H,11H2. The van der Waals surface area contributed by atoms with E-state index < -0.39 is 0 Å². The zero-order chi connectivity index (χ0) is 17.9. The van der Waals surface area contributed by atoms with Crippen molar-refractivity contribution >= 4 is 23.4 Å². The molecule has 0 fully saturated rings. The van der Waals surface area contributed by atoms with Gasteiger partial charge in [-0.1, -0.05) is 41.6 Å². The predicted octanol–water partition coefficient (Wildman–Crippen LogP) is 3.09. The summed E-state index contributed by atoms with van der Waals surface area (Å²) in [6.45, 7) is 0. The van der Waals surface area contributed by atoms with Crippen LogP contribution in [0.3, 0.4) is 0 Å². The average Bonchev–Trinajstić information content (AvgIpc) is 3.28. The topological polar surface area (TPSA) is 81.4 Å². The van der Waals surface area contributed by atoms with E-state index >= 15 is 0 Å². The summed E-state index contributed by atoms with van der Waals surface area (Å²) in [7, 11) is 0. The van der Waals surface area contributed by atoms with E-state index in [-0.39, 0.29) is 5.56 Å². The minimum atomic E-state index is -0.134. The van der Waals surface area contributed by atoms with Crippen molar-refractivity contribution in [2.75, 3.05) is 0 Å². The van der Waals surface area contributed by atoms with Gasteiger partial charge in [0.25, 0.3) is 5.56 Å². The van der Waals surface area contributed by atoms with Crippen molar-refractivity contribution < 1.29 is 0 Å². The highest BCUT2D eigenvalue weighted by atomic mass is 35.5. The number of para-hydroxylation sites is 1. The number of benzene rings is 2. The molecule has 0 bridgehead atoms. The third-order valence-corrected chi connectivity index (χ3v) is 4.88. The Morgan fingerprint density at radius 3 is 2.58 bits per heavy atom. The summed E-state index contributed by atoms with van der Waals surface area (Å²) < 4.78 is 3.14. The third kappa shape index (κ3) is 3.42. The summed E-state index contributed by atoms with van der Waals surface area (Å²) in [6, 6.07) is 18.3. The molecule has 9 heteroatoms. The van der Waals surface area contributed by atoms with Crippen molar-refractivity contribution in [2.24, 2.45) is 0 Å². The van der Waals surface area contributed by atoms with E-state index in [1.54, 1.807) is 35.0 Å². The Bertz CT molecular complexity index is 1070. The number of thioether (sulfide) groups is 1. The van der Waals surface area contributed by atoms with Crippen LogP contribution in [-0.4, -0.2) is 30.0 Å². The Morgan fingerprint density at radius 1 is 1.04 bits per heavy atom. The Labute approximate surface area is 157 Å². The second-order valence-electron chi connectivity index (χ2n) is 5.43. The Hall–Kier alpha value is -2.84. The van der Waals surface area contributed by atoms with Gasteiger partial charge in [0.2, 0.25) is 5.16 Å². The molecule has 7 nitrogen and oxygen atoms in total. The monoisotopic (exact) mass is 384 g/mol. The van der Waals surface area contributed by atoms with Gasteiger partial charge in [0.1, 0.15) is 0 Å². The van der Waals surface area contributed by atoms with Gasteiger partial charge in [-0.2, -0.15) is 4.68 Å². The van der Waals surface area contributed by atoms with Crippen LogP contribution in [0.5, 0.6) is 0 Å². The van der Waals surface area contributed by atoms with Gasteiger partial charge in [0.05, 0.1) is 11.4 Å². The molecule has 1 N–H and O–H groups in total. The molecule has 2 aromatic carbocycles. The number of tetrazole rings is 1. The Balaban J connectivity index is 1.53.